The van der Waals surface area contributed by atoms with Gasteiger partial charge in [0.25, 0.3) is 0 Å². The number of aromatic nitrogens is 1. The molecule has 0 radical (unpaired) electrons. The summed E-state index contributed by atoms with van der Waals surface area (Å²) in [6.07, 6.45) is 1.74. The van der Waals surface area contributed by atoms with Crippen molar-refractivity contribution in [1.29, 1.82) is 0 Å². The predicted molar refractivity (Wildman–Crippen MR) is 104 cm³/mol. The number of benzene rings is 2. The van der Waals surface area contributed by atoms with Crippen LogP contribution in [0.1, 0.15) is 18.5 Å². The number of nitrogens with zero attached hydrogens (tertiary/aromatic N) is 1. The van der Waals surface area contributed by atoms with Crippen LogP contribution in [0.4, 0.5) is 5.82 Å². The molecule has 0 aliphatic heterocycles. The molecule has 1 aromatic heterocycles. The second kappa shape index (κ2) is 7.06. The molecule has 0 saturated heterocycles. The SMILES string of the molecule is C[C@@H](NC(=S)Nc1ccc(Br)cn1)c1cccc2ccccc12. The molecule has 0 unspecified atom stereocenters. The zero-order chi connectivity index (χ0) is 16.2. The molecular formula is C18H16BrN3S. The second-order valence-corrected chi connectivity index (χ2v) is 6.57. The summed E-state index contributed by atoms with van der Waals surface area (Å²) < 4.78 is 0.936. The highest BCUT2D eigenvalue weighted by Crippen LogP contribution is 2.24. The summed E-state index contributed by atoms with van der Waals surface area (Å²) in [6.45, 7) is 2.10. The number of pyridine rings is 1. The molecule has 1 heterocycles. The fourth-order valence-electron chi connectivity index (χ4n) is 2.50. The highest BCUT2D eigenvalue weighted by Gasteiger charge is 2.10. The van der Waals surface area contributed by atoms with Crippen LogP contribution in [0, 0.1) is 0 Å². The average Bonchev–Trinajstić information content (AvgIpc) is 2.56. The number of rotatable bonds is 3. The van der Waals surface area contributed by atoms with Gasteiger partial charge in [-0.25, -0.2) is 4.98 Å². The van der Waals surface area contributed by atoms with Crippen molar-refractivity contribution < 1.29 is 0 Å². The molecule has 0 aliphatic carbocycles. The lowest BCUT2D eigenvalue weighted by Gasteiger charge is -2.18. The van der Waals surface area contributed by atoms with Crippen molar-refractivity contribution in [3.63, 3.8) is 0 Å². The Balaban J connectivity index is 1.74. The van der Waals surface area contributed by atoms with E-state index in [2.05, 4.69) is 80.9 Å². The summed E-state index contributed by atoms with van der Waals surface area (Å²) in [4.78, 5) is 4.26. The Morgan fingerprint density at radius 1 is 1.09 bits per heavy atom. The molecular weight excluding hydrogens is 370 g/mol. The highest BCUT2D eigenvalue weighted by molar-refractivity contribution is 9.10. The van der Waals surface area contributed by atoms with Gasteiger partial charge in [-0.1, -0.05) is 42.5 Å². The van der Waals surface area contributed by atoms with E-state index in [9.17, 15) is 0 Å². The van der Waals surface area contributed by atoms with Crippen LogP contribution in [0.15, 0.2) is 65.3 Å². The summed E-state index contributed by atoms with van der Waals surface area (Å²) in [5.41, 5.74) is 1.22. The minimum Gasteiger partial charge on any atom is -0.356 e. The molecule has 1 atom stereocenters. The van der Waals surface area contributed by atoms with Crippen LogP contribution in [0.5, 0.6) is 0 Å². The topological polar surface area (TPSA) is 37.0 Å². The van der Waals surface area contributed by atoms with Gasteiger partial charge in [-0.15, -0.1) is 0 Å². The lowest BCUT2D eigenvalue weighted by atomic mass is 10.00. The molecule has 3 aromatic rings. The van der Waals surface area contributed by atoms with Crippen LogP contribution in [-0.4, -0.2) is 10.1 Å². The predicted octanol–water partition coefficient (Wildman–Crippen LogP) is 5.04. The van der Waals surface area contributed by atoms with E-state index >= 15 is 0 Å². The van der Waals surface area contributed by atoms with E-state index in [4.69, 9.17) is 12.2 Å². The van der Waals surface area contributed by atoms with Crippen molar-refractivity contribution in [3.05, 3.63) is 70.8 Å². The van der Waals surface area contributed by atoms with Gasteiger partial charge >= 0.3 is 0 Å². The minimum absolute atomic E-state index is 0.0940. The Morgan fingerprint density at radius 2 is 1.87 bits per heavy atom. The number of hydrogen-bond donors (Lipinski definition) is 2. The number of fused-ring (bicyclic) bond motifs is 1. The number of hydrogen-bond acceptors (Lipinski definition) is 2. The van der Waals surface area contributed by atoms with E-state index in [1.54, 1.807) is 6.20 Å². The molecule has 2 aromatic carbocycles. The Bertz CT molecular complexity index is 828. The molecule has 3 nitrogen and oxygen atoms in total. The Labute approximate surface area is 149 Å². The van der Waals surface area contributed by atoms with E-state index in [1.807, 2.05) is 12.1 Å². The van der Waals surface area contributed by atoms with Crippen molar-refractivity contribution in [1.82, 2.24) is 10.3 Å². The fraction of sp³-hybridized carbons (Fsp3) is 0.111. The summed E-state index contributed by atoms with van der Waals surface area (Å²) in [6, 6.07) is 18.6. The molecule has 23 heavy (non-hydrogen) atoms. The molecule has 0 saturated carbocycles. The van der Waals surface area contributed by atoms with Crippen molar-refractivity contribution in [2.24, 2.45) is 0 Å². The standard InChI is InChI=1S/C18H16BrN3S/c1-12(15-8-4-6-13-5-2-3-7-16(13)15)21-18(23)22-17-10-9-14(19)11-20-17/h2-12H,1H3,(H2,20,21,22,23)/t12-/m1/s1. The maximum atomic E-state index is 5.39. The highest BCUT2D eigenvalue weighted by atomic mass is 79.9. The van der Waals surface area contributed by atoms with Crippen LogP contribution in [0.3, 0.4) is 0 Å². The summed E-state index contributed by atoms with van der Waals surface area (Å²) in [5, 5.41) is 9.45. The van der Waals surface area contributed by atoms with Crippen LogP contribution < -0.4 is 10.6 Å². The first-order valence-corrected chi connectivity index (χ1v) is 8.50. The fourth-order valence-corrected chi connectivity index (χ4v) is 3.02. The number of nitrogens with one attached hydrogen (secondary N) is 2. The van der Waals surface area contributed by atoms with E-state index in [1.165, 1.54) is 16.3 Å². The van der Waals surface area contributed by atoms with E-state index in [-0.39, 0.29) is 6.04 Å². The van der Waals surface area contributed by atoms with Gasteiger partial charge in [-0.05, 0) is 63.5 Å². The first kappa shape index (κ1) is 15.9. The van der Waals surface area contributed by atoms with Crippen molar-refractivity contribution in [2.75, 3.05) is 5.32 Å². The quantitative estimate of drug-likeness (QED) is 0.618. The maximum absolute atomic E-state index is 5.39. The van der Waals surface area contributed by atoms with Gasteiger partial charge in [0.05, 0.1) is 6.04 Å². The number of halogens is 1. The molecule has 0 amide bonds. The second-order valence-electron chi connectivity index (χ2n) is 5.25. The van der Waals surface area contributed by atoms with Crippen molar-refractivity contribution in [3.8, 4) is 0 Å². The molecule has 116 valence electrons. The van der Waals surface area contributed by atoms with Gasteiger partial charge in [0, 0.05) is 10.7 Å². The van der Waals surface area contributed by atoms with Crippen molar-refractivity contribution in [2.45, 2.75) is 13.0 Å². The lowest BCUT2D eigenvalue weighted by molar-refractivity contribution is 0.728. The van der Waals surface area contributed by atoms with Crippen LogP contribution in [0.25, 0.3) is 10.8 Å². The van der Waals surface area contributed by atoms with Gasteiger partial charge in [0.2, 0.25) is 0 Å². The Hall–Kier alpha value is -1.98. The van der Waals surface area contributed by atoms with Gasteiger partial charge in [-0.3, -0.25) is 0 Å². The summed E-state index contributed by atoms with van der Waals surface area (Å²) in [7, 11) is 0. The van der Waals surface area contributed by atoms with Crippen LogP contribution in [0.2, 0.25) is 0 Å². The normalized spacial score (nSPS) is 11.9. The molecule has 5 heteroatoms. The first-order chi connectivity index (χ1) is 11.1. The summed E-state index contributed by atoms with van der Waals surface area (Å²) >= 11 is 8.76. The van der Waals surface area contributed by atoms with E-state index in [0.717, 1.165) is 10.3 Å². The molecule has 0 spiro atoms. The van der Waals surface area contributed by atoms with Crippen LogP contribution >= 0.6 is 28.1 Å². The van der Waals surface area contributed by atoms with Crippen molar-refractivity contribution >= 4 is 49.9 Å². The van der Waals surface area contributed by atoms with E-state index in [0.29, 0.717) is 5.11 Å². The Kier molecular flexibility index (Phi) is 4.88. The monoisotopic (exact) mass is 385 g/mol. The van der Waals surface area contributed by atoms with Gasteiger partial charge < -0.3 is 10.6 Å². The van der Waals surface area contributed by atoms with E-state index < -0.39 is 0 Å². The molecule has 0 bridgehead atoms. The zero-order valence-electron chi connectivity index (χ0n) is 12.6. The number of thiocarbonyl (C=S) groups is 1. The first-order valence-electron chi connectivity index (χ1n) is 7.30. The average molecular weight is 386 g/mol. The third-order valence-corrected chi connectivity index (χ3v) is 4.30. The van der Waals surface area contributed by atoms with Crippen LogP contribution in [-0.2, 0) is 0 Å². The smallest absolute Gasteiger partial charge is 0.172 e. The zero-order valence-corrected chi connectivity index (χ0v) is 15.0. The third-order valence-electron chi connectivity index (χ3n) is 3.61. The Morgan fingerprint density at radius 3 is 2.65 bits per heavy atom. The molecule has 3 rings (SSSR count). The number of anilines is 1. The molecule has 2 N–H and O–H groups in total. The lowest BCUT2D eigenvalue weighted by Crippen LogP contribution is -2.31. The largest absolute Gasteiger partial charge is 0.356 e. The molecule has 0 fully saturated rings. The third kappa shape index (κ3) is 3.86. The molecule has 0 aliphatic rings. The van der Waals surface area contributed by atoms with Gasteiger partial charge in [-0.2, -0.15) is 0 Å². The van der Waals surface area contributed by atoms with Gasteiger partial charge in [0.1, 0.15) is 5.82 Å². The van der Waals surface area contributed by atoms with Gasteiger partial charge in [0.15, 0.2) is 5.11 Å². The maximum Gasteiger partial charge on any atom is 0.172 e. The summed E-state index contributed by atoms with van der Waals surface area (Å²) in [5.74, 6) is 0.718. The minimum atomic E-state index is 0.0940.